The summed E-state index contributed by atoms with van der Waals surface area (Å²) in [6, 6.07) is 4.73. The summed E-state index contributed by atoms with van der Waals surface area (Å²) in [6.07, 6.45) is 0.949. The van der Waals surface area contributed by atoms with E-state index in [1.165, 1.54) is 12.1 Å². The van der Waals surface area contributed by atoms with Crippen LogP contribution in [0.25, 0.3) is 0 Å². The van der Waals surface area contributed by atoms with E-state index in [-0.39, 0.29) is 11.9 Å². The molecule has 0 radical (unpaired) electrons. The second-order valence-corrected chi connectivity index (χ2v) is 3.54. The Balaban J connectivity index is 2.92. The predicted octanol–water partition coefficient (Wildman–Crippen LogP) is 2.89. The van der Waals surface area contributed by atoms with Crippen LogP contribution < -0.4 is 10.1 Å². The fraction of sp³-hybridized carbons (Fsp3) is 0.500. The second-order valence-electron chi connectivity index (χ2n) is 3.54. The standard InChI is InChI=1S/C12H18FNO/c1-4-7-15-12-6-5-10(13)8-11(12)9(2)14-3/h5-6,8-9,14H,4,7H2,1-3H3. The van der Waals surface area contributed by atoms with Crippen molar-refractivity contribution in [1.82, 2.24) is 5.32 Å². The third kappa shape index (κ3) is 3.20. The first kappa shape index (κ1) is 12.0. The van der Waals surface area contributed by atoms with Crippen LogP contribution in [-0.4, -0.2) is 13.7 Å². The Morgan fingerprint density at radius 3 is 2.80 bits per heavy atom. The van der Waals surface area contributed by atoms with Gasteiger partial charge in [0.1, 0.15) is 11.6 Å². The average molecular weight is 211 g/mol. The molecule has 0 spiro atoms. The number of hydrogen-bond acceptors (Lipinski definition) is 2. The SMILES string of the molecule is CCCOc1ccc(F)cc1C(C)NC. The average Bonchev–Trinajstić information content (AvgIpc) is 2.26. The molecule has 0 saturated heterocycles. The fourth-order valence-electron chi connectivity index (χ4n) is 1.36. The maximum absolute atomic E-state index is 13.1. The van der Waals surface area contributed by atoms with Crippen molar-refractivity contribution in [2.75, 3.05) is 13.7 Å². The van der Waals surface area contributed by atoms with E-state index in [1.54, 1.807) is 6.07 Å². The second kappa shape index (κ2) is 5.71. The maximum atomic E-state index is 13.1. The molecule has 0 aliphatic heterocycles. The molecule has 3 heteroatoms. The Bertz CT molecular complexity index is 314. The highest BCUT2D eigenvalue weighted by molar-refractivity contribution is 5.36. The lowest BCUT2D eigenvalue weighted by atomic mass is 10.1. The number of hydrogen-bond donors (Lipinski definition) is 1. The highest BCUT2D eigenvalue weighted by Gasteiger charge is 2.10. The van der Waals surface area contributed by atoms with Gasteiger partial charge in [0.05, 0.1) is 6.61 Å². The van der Waals surface area contributed by atoms with Crippen LogP contribution in [0.5, 0.6) is 5.75 Å². The van der Waals surface area contributed by atoms with E-state index in [0.717, 1.165) is 17.7 Å². The molecule has 0 aliphatic carbocycles. The molecule has 1 aromatic rings. The zero-order valence-corrected chi connectivity index (χ0v) is 9.51. The van der Waals surface area contributed by atoms with Gasteiger partial charge >= 0.3 is 0 Å². The van der Waals surface area contributed by atoms with Crippen molar-refractivity contribution in [3.63, 3.8) is 0 Å². The van der Waals surface area contributed by atoms with Gasteiger partial charge < -0.3 is 10.1 Å². The summed E-state index contributed by atoms with van der Waals surface area (Å²) in [6.45, 7) is 4.69. The van der Waals surface area contributed by atoms with Gasteiger partial charge in [-0.25, -0.2) is 4.39 Å². The Morgan fingerprint density at radius 1 is 1.47 bits per heavy atom. The van der Waals surface area contributed by atoms with Gasteiger partial charge in [0.2, 0.25) is 0 Å². The molecule has 15 heavy (non-hydrogen) atoms. The lowest BCUT2D eigenvalue weighted by Crippen LogP contribution is -2.14. The largest absolute Gasteiger partial charge is 0.493 e. The Hall–Kier alpha value is -1.09. The first-order chi connectivity index (χ1) is 7.19. The minimum absolute atomic E-state index is 0.0903. The number of benzene rings is 1. The highest BCUT2D eigenvalue weighted by atomic mass is 19.1. The van der Waals surface area contributed by atoms with Crippen molar-refractivity contribution < 1.29 is 9.13 Å². The van der Waals surface area contributed by atoms with Crippen molar-refractivity contribution in [3.8, 4) is 5.75 Å². The van der Waals surface area contributed by atoms with Crippen LogP contribution >= 0.6 is 0 Å². The van der Waals surface area contributed by atoms with Gasteiger partial charge in [-0.05, 0) is 38.6 Å². The van der Waals surface area contributed by atoms with Crippen LogP contribution in [0.3, 0.4) is 0 Å². The molecular formula is C12H18FNO. The third-order valence-corrected chi connectivity index (χ3v) is 2.33. The molecule has 1 unspecified atom stereocenters. The molecule has 0 saturated carbocycles. The topological polar surface area (TPSA) is 21.3 Å². The minimum Gasteiger partial charge on any atom is -0.493 e. The van der Waals surface area contributed by atoms with Crippen molar-refractivity contribution in [2.45, 2.75) is 26.3 Å². The highest BCUT2D eigenvalue weighted by Crippen LogP contribution is 2.25. The summed E-state index contributed by atoms with van der Waals surface area (Å²) in [4.78, 5) is 0. The van der Waals surface area contributed by atoms with E-state index in [4.69, 9.17) is 4.74 Å². The van der Waals surface area contributed by atoms with Crippen LogP contribution in [0, 0.1) is 5.82 Å². The van der Waals surface area contributed by atoms with Gasteiger partial charge in [-0.15, -0.1) is 0 Å². The molecule has 84 valence electrons. The maximum Gasteiger partial charge on any atom is 0.124 e. The summed E-state index contributed by atoms with van der Waals surface area (Å²) < 4.78 is 18.6. The summed E-state index contributed by atoms with van der Waals surface area (Å²) >= 11 is 0. The molecule has 0 amide bonds. The van der Waals surface area contributed by atoms with Crippen molar-refractivity contribution >= 4 is 0 Å². The smallest absolute Gasteiger partial charge is 0.124 e. The molecular weight excluding hydrogens is 193 g/mol. The van der Waals surface area contributed by atoms with E-state index in [0.29, 0.717) is 6.61 Å². The molecule has 0 aromatic heterocycles. The van der Waals surface area contributed by atoms with Crippen molar-refractivity contribution in [3.05, 3.63) is 29.6 Å². The van der Waals surface area contributed by atoms with E-state index in [9.17, 15) is 4.39 Å². The molecule has 1 aromatic carbocycles. The Labute approximate surface area is 90.4 Å². The molecule has 2 nitrogen and oxygen atoms in total. The zero-order chi connectivity index (χ0) is 11.3. The van der Waals surface area contributed by atoms with Crippen LogP contribution in [0.1, 0.15) is 31.9 Å². The molecule has 1 rings (SSSR count). The van der Waals surface area contributed by atoms with Crippen LogP contribution in [-0.2, 0) is 0 Å². The van der Waals surface area contributed by atoms with Crippen molar-refractivity contribution in [1.29, 1.82) is 0 Å². The number of halogens is 1. The Morgan fingerprint density at radius 2 is 2.20 bits per heavy atom. The van der Waals surface area contributed by atoms with Crippen molar-refractivity contribution in [2.24, 2.45) is 0 Å². The van der Waals surface area contributed by atoms with Gasteiger partial charge in [0, 0.05) is 11.6 Å². The number of rotatable bonds is 5. The van der Waals surface area contributed by atoms with Crippen LogP contribution in [0.4, 0.5) is 4.39 Å². The molecule has 1 N–H and O–H groups in total. The first-order valence-corrected chi connectivity index (χ1v) is 5.28. The van der Waals surface area contributed by atoms with Gasteiger partial charge in [-0.1, -0.05) is 6.92 Å². The van der Waals surface area contributed by atoms with E-state index < -0.39 is 0 Å². The number of nitrogens with one attached hydrogen (secondary N) is 1. The lowest BCUT2D eigenvalue weighted by molar-refractivity contribution is 0.310. The molecule has 0 bridgehead atoms. The van der Waals surface area contributed by atoms with Gasteiger partial charge in [0.15, 0.2) is 0 Å². The monoisotopic (exact) mass is 211 g/mol. The number of ether oxygens (including phenoxy) is 1. The van der Waals surface area contributed by atoms with Gasteiger partial charge in [0.25, 0.3) is 0 Å². The third-order valence-electron chi connectivity index (χ3n) is 2.33. The normalized spacial score (nSPS) is 12.5. The van der Waals surface area contributed by atoms with Crippen LogP contribution in [0.15, 0.2) is 18.2 Å². The van der Waals surface area contributed by atoms with E-state index >= 15 is 0 Å². The quantitative estimate of drug-likeness (QED) is 0.808. The summed E-state index contributed by atoms with van der Waals surface area (Å²) in [5, 5.41) is 3.08. The first-order valence-electron chi connectivity index (χ1n) is 5.28. The van der Waals surface area contributed by atoms with Gasteiger partial charge in [-0.2, -0.15) is 0 Å². The van der Waals surface area contributed by atoms with Gasteiger partial charge in [-0.3, -0.25) is 0 Å². The predicted molar refractivity (Wildman–Crippen MR) is 59.7 cm³/mol. The summed E-state index contributed by atoms with van der Waals surface area (Å²) in [5.74, 6) is 0.538. The fourth-order valence-corrected chi connectivity index (χ4v) is 1.36. The molecule has 0 heterocycles. The molecule has 0 aliphatic rings. The Kier molecular flexibility index (Phi) is 4.56. The lowest BCUT2D eigenvalue weighted by Gasteiger charge is -2.16. The van der Waals surface area contributed by atoms with E-state index in [2.05, 4.69) is 5.32 Å². The van der Waals surface area contributed by atoms with E-state index in [1.807, 2.05) is 20.9 Å². The molecule has 1 atom stereocenters. The van der Waals surface area contributed by atoms with Crippen LogP contribution in [0.2, 0.25) is 0 Å². The zero-order valence-electron chi connectivity index (χ0n) is 9.51. The summed E-state index contributed by atoms with van der Waals surface area (Å²) in [5.41, 5.74) is 0.867. The summed E-state index contributed by atoms with van der Waals surface area (Å²) in [7, 11) is 1.85. The minimum atomic E-state index is -0.226. The molecule has 0 fully saturated rings.